The minimum absolute atomic E-state index is 0.175. The van der Waals surface area contributed by atoms with E-state index in [0.717, 1.165) is 24.2 Å². The monoisotopic (exact) mass is 267 g/mol. The first-order valence-corrected chi connectivity index (χ1v) is 7.22. The van der Waals surface area contributed by atoms with Gasteiger partial charge in [0.25, 0.3) is 0 Å². The summed E-state index contributed by atoms with van der Waals surface area (Å²) in [5.74, 6) is 0.917. The summed E-state index contributed by atoms with van der Waals surface area (Å²) >= 11 is 0. The first kappa shape index (κ1) is 13.2. The normalized spacial score (nSPS) is 17.6. The summed E-state index contributed by atoms with van der Waals surface area (Å²) in [4.78, 5) is 0. The lowest BCUT2D eigenvalue weighted by molar-refractivity contribution is 0.416. The molecule has 0 bridgehead atoms. The van der Waals surface area contributed by atoms with Crippen LogP contribution in [0.5, 0.6) is 5.75 Å². The number of fused-ring (bicyclic) bond motifs is 1. The summed E-state index contributed by atoms with van der Waals surface area (Å²) in [6.45, 7) is 2.10. The third-order valence-corrected chi connectivity index (χ3v) is 4.17. The van der Waals surface area contributed by atoms with Crippen molar-refractivity contribution in [3.63, 3.8) is 0 Å². The number of methoxy groups -OCH3 is 1. The lowest BCUT2D eigenvalue weighted by Crippen LogP contribution is -2.17. The molecular weight excluding hydrogens is 246 g/mol. The molecule has 0 amide bonds. The van der Waals surface area contributed by atoms with E-state index in [9.17, 15) is 0 Å². The average molecular weight is 267 g/mol. The highest BCUT2D eigenvalue weighted by atomic mass is 16.5. The molecule has 1 aliphatic carbocycles. The van der Waals surface area contributed by atoms with E-state index in [1.165, 1.54) is 28.7 Å². The Morgan fingerprint density at radius 1 is 1.15 bits per heavy atom. The first-order chi connectivity index (χ1) is 9.69. The van der Waals surface area contributed by atoms with Gasteiger partial charge in [0.05, 0.1) is 7.11 Å². The van der Waals surface area contributed by atoms with E-state index in [2.05, 4.69) is 37.3 Å². The summed E-state index contributed by atoms with van der Waals surface area (Å²) in [6.07, 6.45) is 3.43. The Balaban J connectivity index is 2.11. The van der Waals surface area contributed by atoms with Crippen LogP contribution < -0.4 is 10.5 Å². The van der Waals surface area contributed by atoms with Crippen LogP contribution in [-0.4, -0.2) is 7.11 Å². The average Bonchev–Trinajstić information content (AvgIpc) is 2.47. The topological polar surface area (TPSA) is 35.2 Å². The molecule has 0 saturated heterocycles. The molecule has 1 aliphatic rings. The maximum Gasteiger partial charge on any atom is 0.126 e. The lowest BCUT2D eigenvalue weighted by atomic mass is 9.86. The number of hydrogen-bond donors (Lipinski definition) is 1. The molecule has 0 saturated carbocycles. The van der Waals surface area contributed by atoms with Crippen molar-refractivity contribution in [1.82, 2.24) is 0 Å². The zero-order valence-electron chi connectivity index (χ0n) is 12.1. The highest BCUT2D eigenvalue weighted by Crippen LogP contribution is 2.35. The fourth-order valence-corrected chi connectivity index (χ4v) is 3.05. The number of nitrogens with two attached hydrogens (primary N) is 1. The van der Waals surface area contributed by atoms with Crippen LogP contribution in [0.4, 0.5) is 0 Å². The number of aryl methyl sites for hydroxylation is 2. The van der Waals surface area contributed by atoms with Gasteiger partial charge in [-0.15, -0.1) is 0 Å². The van der Waals surface area contributed by atoms with Gasteiger partial charge < -0.3 is 10.5 Å². The molecule has 1 unspecified atom stereocenters. The van der Waals surface area contributed by atoms with Gasteiger partial charge in [0.15, 0.2) is 0 Å². The Morgan fingerprint density at radius 3 is 2.80 bits per heavy atom. The van der Waals surface area contributed by atoms with Gasteiger partial charge in [-0.3, -0.25) is 0 Å². The second-order valence-electron chi connectivity index (χ2n) is 5.62. The predicted octanol–water partition coefficient (Wildman–Crippen LogP) is 4.01. The Morgan fingerprint density at radius 2 is 2.00 bits per heavy atom. The Hall–Kier alpha value is -1.80. The van der Waals surface area contributed by atoms with Crippen LogP contribution >= 0.6 is 0 Å². The minimum atomic E-state index is 0.175. The van der Waals surface area contributed by atoms with Gasteiger partial charge in [-0.05, 0) is 61.1 Å². The zero-order chi connectivity index (χ0) is 14.1. The number of ether oxygens (including phenoxy) is 1. The number of benzene rings is 2. The molecule has 0 heterocycles. The smallest absolute Gasteiger partial charge is 0.126 e. The van der Waals surface area contributed by atoms with Gasteiger partial charge in [-0.2, -0.15) is 0 Å². The Kier molecular flexibility index (Phi) is 3.49. The lowest BCUT2D eigenvalue weighted by Gasteiger charge is -2.23. The second kappa shape index (κ2) is 5.29. The van der Waals surface area contributed by atoms with Crippen molar-refractivity contribution in [3.8, 4) is 16.9 Å². The third kappa shape index (κ3) is 2.32. The highest BCUT2D eigenvalue weighted by Gasteiger charge is 2.18. The fraction of sp³-hybridized carbons (Fsp3) is 0.333. The van der Waals surface area contributed by atoms with E-state index in [1.807, 2.05) is 6.07 Å². The van der Waals surface area contributed by atoms with E-state index in [4.69, 9.17) is 10.5 Å². The van der Waals surface area contributed by atoms with Gasteiger partial charge in [-0.25, -0.2) is 0 Å². The fourth-order valence-electron chi connectivity index (χ4n) is 3.05. The van der Waals surface area contributed by atoms with Crippen molar-refractivity contribution in [2.75, 3.05) is 7.11 Å². The van der Waals surface area contributed by atoms with E-state index < -0.39 is 0 Å². The third-order valence-electron chi connectivity index (χ3n) is 4.17. The standard InChI is InChI=1S/C18H21NO/c1-12-6-9-18(20-2)16(10-12)14-8-7-13-4-3-5-17(19)15(13)11-14/h6-11,17H,3-5,19H2,1-2H3. The molecule has 20 heavy (non-hydrogen) atoms. The van der Waals surface area contributed by atoms with Crippen LogP contribution in [0.15, 0.2) is 36.4 Å². The van der Waals surface area contributed by atoms with Crippen LogP contribution in [0.2, 0.25) is 0 Å². The van der Waals surface area contributed by atoms with Gasteiger partial charge in [-0.1, -0.05) is 23.8 Å². The minimum Gasteiger partial charge on any atom is -0.496 e. The molecular formula is C18H21NO. The molecule has 2 heteroatoms. The maximum absolute atomic E-state index is 6.26. The SMILES string of the molecule is COc1ccc(C)cc1-c1ccc2c(c1)C(N)CCC2. The van der Waals surface area contributed by atoms with Crippen LogP contribution in [0.25, 0.3) is 11.1 Å². The summed E-state index contributed by atoms with van der Waals surface area (Å²) in [5, 5.41) is 0. The van der Waals surface area contributed by atoms with Crippen molar-refractivity contribution >= 4 is 0 Å². The molecule has 2 aromatic carbocycles. The molecule has 0 aromatic heterocycles. The second-order valence-corrected chi connectivity index (χ2v) is 5.62. The summed E-state index contributed by atoms with van der Waals surface area (Å²) in [7, 11) is 1.72. The van der Waals surface area contributed by atoms with E-state index in [0.29, 0.717) is 0 Å². The van der Waals surface area contributed by atoms with E-state index >= 15 is 0 Å². The molecule has 0 radical (unpaired) electrons. The van der Waals surface area contributed by atoms with Gasteiger partial charge >= 0.3 is 0 Å². The summed E-state index contributed by atoms with van der Waals surface area (Å²) < 4.78 is 5.49. The predicted molar refractivity (Wildman–Crippen MR) is 83.0 cm³/mol. The van der Waals surface area contributed by atoms with Gasteiger partial charge in [0.2, 0.25) is 0 Å². The Bertz CT molecular complexity index is 633. The van der Waals surface area contributed by atoms with E-state index in [-0.39, 0.29) is 6.04 Å². The summed E-state index contributed by atoms with van der Waals surface area (Å²) in [6, 6.07) is 13.1. The molecule has 3 rings (SSSR count). The van der Waals surface area contributed by atoms with Crippen LogP contribution in [0.1, 0.15) is 35.6 Å². The number of hydrogen-bond acceptors (Lipinski definition) is 2. The van der Waals surface area contributed by atoms with Gasteiger partial charge in [0, 0.05) is 11.6 Å². The molecule has 104 valence electrons. The van der Waals surface area contributed by atoms with Crippen molar-refractivity contribution in [3.05, 3.63) is 53.1 Å². The van der Waals surface area contributed by atoms with Crippen LogP contribution in [-0.2, 0) is 6.42 Å². The summed E-state index contributed by atoms with van der Waals surface area (Å²) in [5.41, 5.74) is 12.5. The van der Waals surface area contributed by atoms with Crippen molar-refractivity contribution in [1.29, 1.82) is 0 Å². The van der Waals surface area contributed by atoms with Crippen molar-refractivity contribution in [2.24, 2.45) is 5.73 Å². The molecule has 2 N–H and O–H groups in total. The molecule has 0 aliphatic heterocycles. The Labute approximate surface area is 120 Å². The molecule has 2 aromatic rings. The van der Waals surface area contributed by atoms with Gasteiger partial charge in [0.1, 0.15) is 5.75 Å². The zero-order valence-corrected chi connectivity index (χ0v) is 12.1. The molecule has 2 nitrogen and oxygen atoms in total. The quantitative estimate of drug-likeness (QED) is 0.892. The largest absolute Gasteiger partial charge is 0.496 e. The van der Waals surface area contributed by atoms with Crippen molar-refractivity contribution < 1.29 is 4.74 Å². The van der Waals surface area contributed by atoms with E-state index in [1.54, 1.807) is 7.11 Å². The molecule has 0 fully saturated rings. The maximum atomic E-state index is 6.26. The van der Waals surface area contributed by atoms with Crippen LogP contribution in [0.3, 0.4) is 0 Å². The molecule has 0 spiro atoms. The first-order valence-electron chi connectivity index (χ1n) is 7.22. The van der Waals surface area contributed by atoms with Crippen LogP contribution in [0, 0.1) is 6.92 Å². The molecule has 1 atom stereocenters. The highest BCUT2D eigenvalue weighted by molar-refractivity contribution is 5.72. The van der Waals surface area contributed by atoms with Crippen molar-refractivity contribution in [2.45, 2.75) is 32.2 Å². The number of rotatable bonds is 2.